The Kier molecular flexibility index (Phi) is 2.49. The number of hydrogen-bond donors (Lipinski definition) is 1. The molecule has 1 aliphatic rings. The third-order valence-corrected chi connectivity index (χ3v) is 2.51. The minimum Gasteiger partial charge on any atom is -0.496 e. The summed E-state index contributed by atoms with van der Waals surface area (Å²) in [6, 6.07) is 5.80. The van der Waals surface area contributed by atoms with Crippen LogP contribution >= 0.6 is 0 Å². The van der Waals surface area contributed by atoms with E-state index in [1.807, 2.05) is 25.1 Å². The second-order valence-corrected chi connectivity index (χ2v) is 3.52. The van der Waals surface area contributed by atoms with Crippen LogP contribution in [0.4, 0.5) is 4.79 Å². The molecule has 1 saturated heterocycles. The van der Waals surface area contributed by atoms with Crippen molar-refractivity contribution in [2.45, 2.75) is 13.0 Å². The van der Waals surface area contributed by atoms with E-state index < -0.39 is 0 Å². The van der Waals surface area contributed by atoms with Crippen molar-refractivity contribution in [3.05, 3.63) is 29.3 Å². The summed E-state index contributed by atoms with van der Waals surface area (Å²) in [7, 11) is 1.63. The molecule has 2 rings (SSSR count). The lowest BCUT2D eigenvalue weighted by Gasteiger charge is -2.11. The van der Waals surface area contributed by atoms with Crippen LogP contribution in [-0.2, 0) is 4.74 Å². The van der Waals surface area contributed by atoms with E-state index in [1.54, 1.807) is 7.11 Å². The van der Waals surface area contributed by atoms with E-state index in [0.717, 1.165) is 16.9 Å². The molecule has 1 aromatic rings. The Bertz CT molecular complexity index is 389. The highest BCUT2D eigenvalue weighted by Gasteiger charge is 2.24. The van der Waals surface area contributed by atoms with Gasteiger partial charge in [0.05, 0.1) is 13.2 Å². The monoisotopic (exact) mass is 207 g/mol. The molecular weight excluding hydrogens is 194 g/mol. The lowest BCUT2D eigenvalue weighted by molar-refractivity contribution is 0.177. The number of methoxy groups -OCH3 is 1. The number of carbonyl (C=O) groups excluding carboxylic acids is 1. The van der Waals surface area contributed by atoms with Gasteiger partial charge in [-0.15, -0.1) is 0 Å². The number of alkyl carbamates (subject to hydrolysis) is 1. The van der Waals surface area contributed by atoms with Crippen LogP contribution in [0.5, 0.6) is 5.75 Å². The highest BCUT2D eigenvalue weighted by molar-refractivity contribution is 5.70. The van der Waals surface area contributed by atoms with Crippen LogP contribution in [0.25, 0.3) is 0 Å². The molecule has 0 saturated carbocycles. The van der Waals surface area contributed by atoms with Crippen LogP contribution in [0.15, 0.2) is 18.2 Å². The van der Waals surface area contributed by atoms with Crippen molar-refractivity contribution >= 4 is 6.09 Å². The Morgan fingerprint density at radius 1 is 1.53 bits per heavy atom. The van der Waals surface area contributed by atoms with Crippen LogP contribution in [-0.4, -0.2) is 19.8 Å². The minimum atomic E-state index is -0.362. The quantitative estimate of drug-likeness (QED) is 0.804. The van der Waals surface area contributed by atoms with Gasteiger partial charge >= 0.3 is 6.09 Å². The first-order valence-electron chi connectivity index (χ1n) is 4.78. The molecule has 0 aliphatic carbocycles. The van der Waals surface area contributed by atoms with E-state index in [1.165, 1.54) is 0 Å². The number of cyclic esters (lactones) is 1. The van der Waals surface area contributed by atoms with Crippen molar-refractivity contribution < 1.29 is 14.3 Å². The molecular formula is C11H13NO3. The smallest absolute Gasteiger partial charge is 0.407 e. The summed E-state index contributed by atoms with van der Waals surface area (Å²) in [6.07, 6.45) is -0.362. The molecule has 1 heterocycles. The average molecular weight is 207 g/mol. The molecule has 4 heteroatoms. The first-order valence-corrected chi connectivity index (χ1v) is 4.78. The summed E-state index contributed by atoms with van der Waals surface area (Å²) in [4.78, 5) is 10.9. The van der Waals surface area contributed by atoms with E-state index in [-0.39, 0.29) is 12.1 Å². The molecule has 0 spiro atoms. The minimum absolute atomic E-state index is 0.0630. The van der Waals surface area contributed by atoms with Gasteiger partial charge < -0.3 is 14.8 Å². The molecule has 80 valence electrons. The summed E-state index contributed by atoms with van der Waals surface area (Å²) in [5.41, 5.74) is 2.08. The van der Waals surface area contributed by atoms with Gasteiger partial charge in [-0.05, 0) is 24.1 Å². The van der Waals surface area contributed by atoms with Gasteiger partial charge in [-0.25, -0.2) is 4.79 Å². The van der Waals surface area contributed by atoms with E-state index in [2.05, 4.69) is 5.32 Å². The molecule has 1 N–H and O–H groups in total. The fourth-order valence-corrected chi connectivity index (χ4v) is 1.62. The van der Waals surface area contributed by atoms with Gasteiger partial charge in [-0.2, -0.15) is 0 Å². The van der Waals surface area contributed by atoms with Gasteiger partial charge in [-0.3, -0.25) is 0 Å². The Labute approximate surface area is 88.2 Å². The van der Waals surface area contributed by atoms with Gasteiger partial charge in [-0.1, -0.05) is 12.1 Å². The zero-order valence-corrected chi connectivity index (χ0v) is 8.74. The van der Waals surface area contributed by atoms with Gasteiger partial charge in [0.1, 0.15) is 12.4 Å². The number of amides is 1. The SMILES string of the molecule is COc1cc([C@@H]2COC(=O)N2)ccc1C. The highest BCUT2D eigenvalue weighted by Crippen LogP contribution is 2.25. The van der Waals surface area contributed by atoms with Crippen molar-refractivity contribution in [3.63, 3.8) is 0 Å². The summed E-state index contributed by atoms with van der Waals surface area (Å²) < 4.78 is 10.1. The predicted molar refractivity (Wildman–Crippen MR) is 55.0 cm³/mol. The van der Waals surface area contributed by atoms with E-state index in [4.69, 9.17) is 9.47 Å². The van der Waals surface area contributed by atoms with Crippen molar-refractivity contribution in [2.75, 3.05) is 13.7 Å². The molecule has 1 amide bonds. The molecule has 0 bridgehead atoms. The standard InChI is InChI=1S/C11H13NO3/c1-7-3-4-8(5-10(7)14-2)9-6-15-11(13)12-9/h3-5,9H,6H2,1-2H3,(H,12,13)/t9-/m0/s1. The van der Waals surface area contributed by atoms with Crippen molar-refractivity contribution in [1.82, 2.24) is 5.32 Å². The molecule has 1 aliphatic heterocycles. The molecule has 15 heavy (non-hydrogen) atoms. The summed E-state index contributed by atoms with van der Waals surface area (Å²) in [5, 5.41) is 2.72. The molecule has 0 radical (unpaired) electrons. The van der Waals surface area contributed by atoms with Gasteiger partial charge in [0.15, 0.2) is 0 Å². The van der Waals surface area contributed by atoms with Crippen molar-refractivity contribution in [1.29, 1.82) is 0 Å². The lowest BCUT2D eigenvalue weighted by atomic mass is 10.1. The van der Waals surface area contributed by atoms with E-state index in [9.17, 15) is 4.79 Å². The summed E-state index contributed by atoms with van der Waals surface area (Å²) in [5.74, 6) is 0.827. The maximum absolute atomic E-state index is 10.9. The summed E-state index contributed by atoms with van der Waals surface area (Å²) in [6.45, 7) is 2.36. The number of rotatable bonds is 2. The third-order valence-electron chi connectivity index (χ3n) is 2.51. The third kappa shape index (κ3) is 1.88. The average Bonchev–Trinajstić information content (AvgIpc) is 2.66. The Balaban J connectivity index is 2.25. The molecule has 1 aromatic carbocycles. The molecule has 1 fully saturated rings. The molecule has 4 nitrogen and oxygen atoms in total. The molecule has 0 unspecified atom stereocenters. The van der Waals surface area contributed by atoms with Crippen LogP contribution in [0.2, 0.25) is 0 Å². The predicted octanol–water partition coefficient (Wildman–Crippen LogP) is 1.78. The fraction of sp³-hybridized carbons (Fsp3) is 0.364. The normalized spacial score (nSPS) is 19.6. The summed E-state index contributed by atoms with van der Waals surface area (Å²) >= 11 is 0. The molecule has 1 atom stereocenters. The van der Waals surface area contributed by atoms with Gasteiger partial charge in [0.25, 0.3) is 0 Å². The zero-order valence-electron chi connectivity index (χ0n) is 8.74. The number of hydrogen-bond acceptors (Lipinski definition) is 3. The Morgan fingerprint density at radius 3 is 2.93 bits per heavy atom. The Hall–Kier alpha value is -1.71. The van der Waals surface area contributed by atoms with E-state index in [0.29, 0.717) is 6.61 Å². The van der Waals surface area contributed by atoms with Gasteiger partial charge in [0, 0.05) is 0 Å². The lowest BCUT2D eigenvalue weighted by Crippen LogP contribution is -2.18. The number of aryl methyl sites for hydroxylation is 1. The Morgan fingerprint density at radius 2 is 2.33 bits per heavy atom. The number of benzene rings is 1. The number of carbonyl (C=O) groups is 1. The van der Waals surface area contributed by atoms with Crippen LogP contribution in [0.1, 0.15) is 17.2 Å². The largest absolute Gasteiger partial charge is 0.496 e. The number of ether oxygens (including phenoxy) is 2. The second kappa shape index (κ2) is 3.81. The molecule has 0 aromatic heterocycles. The van der Waals surface area contributed by atoms with E-state index >= 15 is 0 Å². The first kappa shape index (κ1) is 9.83. The first-order chi connectivity index (χ1) is 7.20. The fourth-order valence-electron chi connectivity index (χ4n) is 1.62. The zero-order chi connectivity index (χ0) is 10.8. The number of nitrogens with one attached hydrogen (secondary N) is 1. The second-order valence-electron chi connectivity index (χ2n) is 3.52. The van der Waals surface area contributed by atoms with Crippen molar-refractivity contribution in [2.24, 2.45) is 0 Å². The van der Waals surface area contributed by atoms with Crippen LogP contribution in [0, 0.1) is 6.92 Å². The maximum Gasteiger partial charge on any atom is 0.407 e. The van der Waals surface area contributed by atoms with Gasteiger partial charge in [0.2, 0.25) is 0 Å². The van der Waals surface area contributed by atoms with Crippen LogP contribution in [0.3, 0.4) is 0 Å². The topological polar surface area (TPSA) is 47.6 Å². The van der Waals surface area contributed by atoms with Crippen molar-refractivity contribution in [3.8, 4) is 5.75 Å². The maximum atomic E-state index is 10.9. The van der Waals surface area contributed by atoms with Crippen LogP contribution < -0.4 is 10.1 Å². The highest BCUT2D eigenvalue weighted by atomic mass is 16.6.